The van der Waals surface area contributed by atoms with Crippen molar-refractivity contribution in [2.24, 2.45) is 0 Å². The molecule has 1 aliphatic heterocycles. The van der Waals surface area contributed by atoms with E-state index in [-0.39, 0.29) is 0 Å². The predicted molar refractivity (Wildman–Crippen MR) is 47.1 cm³/mol. The van der Waals surface area contributed by atoms with E-state index in [1.165, 1.54) is 25.7 Å². The van der Waals surface area contributed by atoms with Crippen LogP contribution in [-0.2, 0) is 4.74 Å². The first-order chi connectivity index (χ1) is 4.43. The molecule has 1 nitrogen and oxygen atoms in total. The third-order valence-electron chi connectivity index (χ3n) is 1.70. The van der Waals surface area contributed by atoms with E-state index in [1.54, 1.807) is 0 Å². The average molecular weight is 240 g/mol. The Bertz CT molecular complexity index is 67.3. The molecule has 9 heavy (non-hydrogen) atoms. The lowest BCUT2D eigenvalue weighted by Gasteiger charge is -2.09. The molecular formula is C7H13IO. The number of ether oxygens (including phenoxy) is 1. The Kier molecular flexibility index (Phi) is 3.89. The maximum Gasteiger partial charge on any atom is 0.0664 e. The Morgan fingerprint density at radius 1 is 1.33 bits per heavy atom. The fourth-order valence-electron chi connectivity index (χ4n) is 1.11. The van der Waals surface area contributed by atoms with Gasteiger partial charge in [0.1, 0.15) is 0 Å². The van der Waals surface area contributed by atoms with E-state index < -0.39 is 0 Å². The lowest BCUT2D eigenvalue weighted by Crippen LogP contribution is -2.12. The first-order valence-electron chi connectivity index (χ1n) is 3.61. The van der Waals surface area contributed by atoms with Crippen LogP contribution in [-0.4, -0.2) is 17.1 Å². The maximum atomic E-state index is 5.54. The molecule has 0 bridgehead atoms. The van der Waals surface area contributed by atoms with Gasteiger partial charge in [-0.05, 0) is 12.8 Å². The molecule has 1 atom stereocenters. The van der Waals surface area contributed by atoms with Crippen LogP contribution in [0.15, 0.2) is 0 Å². The monoisotopic (exact) mass is 240 g/mol. The standard InChI is InChI=1S/C7H13IO/c8-6-7-4-2-1-3-5-9-7/h7H,1-6H2/t7-/m1/s1. The zero-order chi connectivity index (χ0) is 6.53. The highest BCUT2D eigenvalue weighted by molar-refractivity contribution is 14.1. The topological polar surface area (TPSA) is 9.23 Å². The molecule has 0 aliphatic carbocycles. The van der Waals surface area contributed by atoms with Crippen molar-refractivity contribution in [3.63, 3.8) is 0 Å². The van der Waals surface area contributed by atoms with Gasteiger partial charge in [0, 0.05) is 11.0 Å². The van der Waals surface area contributed by atoms with Crippen molar-refractivity contribution in [3.05, 3.63) is 0 Å². The minimum atomic E-state index is 0.563. The van der Waals surface area contributed by atoms with E-state index in [9.17, 15) is 0 Å². The summed E-state index contributed by atoms with van der Waals surface area (Å²) in [4.78, 5) is 0. The molecule has 1 aliphatic rings. The van der Waals surface area contributed by atoms with Crippen LogP contribution in [0, 0.1) is 0 Å². The van der Waals surface area contributed by atoms with Gasteiger partial charge in [0.25, 0.3) is 0 Å². The molecule has 1 saturated heterocycles. The van der Waals surface area contributed by atoms with Crippen LogP contribution in [0.25, 0.3) is 0 Å². The second kappa shape index (κ2) is 4.50. The summed E-state index contributed by atoms with van der Waals surface area (Å²) in [7, 11) is 0. The minimum Gasteiger partial charge on any atom is -0.377 e. The predicted octanol–water partition coefficient (Wildman–Crippen LogP) is 2.38. The van der Waals surface area contributed by atoms with E-state index >= 15 is 0 Å². The van der Waals surface area contributed by atoms with Crippen molar-refractivity contribution in [2.75, 3.05) is 11.0 Å². The Morgan fingerprint density at radius 2 is 2.22 bits per heavy atom. The van der Waals surface area contributed by atoms with Crippen LogP contribution in [0.4, 0.5) is 0 Å². The Balaban J connectivity index is 2.18. The van der Waals surface area contributed by atoms with Crippen molar-refractivity contribution >= 4 is 22.6 Å². The Morgan fingerprint density at radius 3 is 3.00 bits per heavy atom. The number of halogens is 1. The molecule has 2 heteroatoms. The zero-order valence-corrected chi connectivity index (χ0v) is 7.76. The molecular weight excluding hydrogens is 227 g/mol. The molecule has 0 radical (unpaired) electrons. The van der Waals surface area contributed by atoms with Gasteiger partial charge >= 0.3 is 0 Å². The summed E-state index contributed by atoms with van der Waals surface area (Å²) < 4.78 is 6.71. The van der Waals surface area contributed by atoms with E-state index in [4.69, 9.17) is 4.74 Å². The third kappa shape index (κ3) is 2.85. The molecule has 1 rings (SSSR count). The van der Waals surface area contributed by atoms with Crippen LogP contribution in [0.1, 0.15) is 25.7 Å². The van der Waals surface area contributed by atoms with E-state index in [1.807, 2.05) is 0 Å². The minimum absolute atomic E-state index is 0.563. The third-order valence-corrected chi connectivity index (χ3v) is 2.68. The summed E-state index contributed by atoms with van der Waals surface area (Å²) >= 11 is 2.40. The van der Waals surface area contributed by atoms with E-state index in [0.29, 0.717) is 6.10 Å². The molecule has 0 unspecified atom stereocenters. The Labute approximate surface area is 70.3 Å². The first-order valence-corrected chi connectivity index (χ1v) is 5.13. The highest BCUT2D eigenvalue weighted by Gasteiger charge is 2.09. The van der Waals surface area contributed by atoms with Crippen LogP contribution < -0.4 is 0 Å². The lowest BCUT2D eigenvalue weighted by molar-refractivity contribution is 0.0774. The normalized spacial score (nSPS) is 29.7. The van der Waals surface area contributed by atoms with Gasteiger partial charge in [0.15, 0.2) is 0 Å². The number of alkyl halides is 1. The molecule has 54 valence electrons. The van der Waals surface area contributed by atoms with Crippen molar-refractivity contribution in [1.82, 2.24) is 0 Å². The average Bonchev–Trinajstić information content (AvgIpc) is 2.13. The van der Waals surface area contributed by atoms with Crippen LogP contribution in [0.2, 0.25) is 0 Å². The Hall–Kier alpha value is 0.690. The summed E-state index contributed by atoms with van der Waals surface area (Å²) in [6.45, 7) is 0.994. The van der Waals surface area contributed by atoms with Crippen molar-refractivity contribution in [1.29, 1.82) is 0 Å². The zero-order valence-electron chi connectivity index (χ0n) is 5.61. The van der Waals surface area contributed by atoms with Gasteiger partial charge in [-0.2, -0.15) is 0 Å². The molecule has 0 amide bonds. The van der Waals surface area contributed by atoms with Gasteiger partial charge < -0.3 is 4.74 Å². The molecule has 0 aromatic heterocycles. The van der Waals surface area contributed by atoms with Gasteiger partial charge in [-0.15, -0.1) is 0 Å². The first kappa shape index (κ1) is 7.79. The largest absolute Gasteiger partial charge is 0.377 e. The fraction of sp³-hybridized carbons (Fsp3) is 1.00. The van der Waals surface area contributed by atoms with E-state index in [0.717, 1.165) is 11.0 Å². The molecule has 1 fully saturated rings. The van der Waals surface area contributed by atoms with Crippen LogP contribution >= 0.6 is 22.6 Å². The quantitative estimate of drug-likeness (QED) is 0.505. The smallest absolute Gasteiger partial charge is 0.0664 e. The summed E-state index contributed by atoms with van der Waals surface area (Å²) in [5.41, 5.74) is 0. The van der Waals surface area contributed by atoms with Crippen molar-refractivity contribution in [2.45, 2.75) is 31.8 Å². The molecule has 0 saturated carbocycles. The van der Waals surface area contributed by atoms with Gasteiger partial charge in [0.2, 0.25) is 0 Å². The fourth-order valence-corrected chi connectivity index (χ4v) is 1.80. The van der Waals surface area contributed by atoms with Gasteiger partial charge in [-0.25, -0.2) is 0 Å². The summed E-state index contributed by atoms with van der Waals surface area (Å²) in [5, 5.41) is 0. The summed E-state index contributed by atoms with van der Waals surface area (Å²) in [6.07, 6.45) is 5.85. The highest BCUT2D eigenvalue weighted by atomic mass is 127. The van der Waals surface area contributed by atoms with Crippen molar-refractivity contribution in [3.8, 4) is 0 Å². The SMILES string of the molecule is IC[C@H]1CCCCCO1. The molecule has 0 N–H and O–H groups in total. The second-order valence-corrected chi connectivity index (χ2v) is 3.38. The van der Waals surface area contributed by atoms with E-state index in [2.05, 4.69) is 22.6 Å². The molecule has 1 heterocycles. The van der Waals surface area contributed by atoms with Gasteiger partial charge in [0.05, 0.1) is 6.10 Å². The number of hydrogen-bond donors (Lipinski definition) is 0. The number of rotatable bonds is 1. The molecule has 0 spiro atoms. The number of hydrogen-bond acceptors (Lipinski definition) is 1. The van der Waals surface area contributed by atoms with Crippen LogP contribution in [0.3, 0.4) is 0 Å². The molecule has 0 aromatic rings. The van der Waals surface area contributed by atoms with Gasteiger partial charge in [-0.3, -0.25) is 0 Å². The van der Waals surface area contributed by atoms with Crippen LogP contribution in [0.5, 0.6) is 0 Å². The molecule has 0 aromatic carbocycles. The summed E-state index contributed by atoms with van der Waals surface area (Å²) in [6, 6.07) is 0. The second-order valence-electron chi connectivity index (χ2n) is 2.50. The van der Waals surface area contributed by atoms with Gasteiger partial charge in [-0.1, -0.05) is 35.4 Å². The lowest BCUT2D eigenvalue weighted by atomic mass is 10.2. The maximum absolute atomic E-state index is 5.54. The summed E-state index contributed by atoms with van der Waals surface area (Å²) in [5.74, 6) is 0. The highest BCUT2D eigenvalue weighted by Crippen LogP contribution is 2.14. The van der Waals surface area contributed by atoms with Crippen molar-refractivity contribution < 1.29 is 4.74 Å².